The van der Waals surface area contributed by atoms with E-state index in [1.54, 1.807) is 6.07 Å². The lowest BCUT2D eigenvalue weighted by molar-refractivity contribution is -0.387. The molecule has 0 unspecified atom stereocenters. The average Bonchev–Trinajstić information content (AvgIpc) is 2.97. The molecular formula is C16H16FN3O4S. The smallest absolute Gasteiger partial charge is 0.289 e. The minimum Gasteiger partial charge on any atom is -0.326 e. The van der Waals surface area contributed by atoms with E-state index in [1.807, 2.05) is 0 Å². The van der Waals surface area contributed by atoms with Gasteiger partial charge in [-0.25, -0.2) is 12.8 Å². The molecule has 0 radical (unpaired) electrons. The molecule has 0 amide bonds. The van der Waals surface area contributed by atoms with E-state index in [2.05, 4.69) is 0 Å². The Kier molecular flexibility index (Phi) is 4.55. The first kappa shape index (κ1) is 17.5. The van der Waals surface area contributed by atoms with Crippen molar-refractivity contribution in [2.75, 3.05) is 13.1 Å². The van der Waals surface area contributed by atoms with Gasteiger partial charge in [-0.3, -0.25) is 10.1 Å². The van der Waals surface area contributed by atoms with Crippen molar-refractivity contribution in [1.29, 1.82) is 0 Å². The number of rotatable bonds is 4. The van der Waals surface area contributed by atoms with E-state index in [4.69, 9.17) is 5.73 Å². The maximum atomic E-state index is 13.4. The minimum atomic E-state index is -4.08. The average molecular weight is 365 g/mol. The van der Waals surface area contributed by atoms with E-state index in [0.29, 0.717) is 5.56 Å². The Bertz CT molecular complexity index is 919. The molecule has 1 heterocycles. The van der Waals surface area contributed by atoms with Gasteiger partial charge in [-0.05, 0) is 23.8 Å². The van der Waals surface area contributed by atoms with Crippen molar-refractivity contribution in [2.45, 2.75) is 16.9 Å². The third-order valence-electron chi connectivity index (χ3n) is 4.29. The molecular weight excluding hydrogens is 349 g/mol. The van der Waals surface area contributed by atoms with Crippen LogP contribution in [-0.4, -0.2) is 36.8 Å². The molecule has 2 N–H and O–H groups in total. The second-order valence-corrected chi connectivity index (χ2v) is 7.78. The van der Waals surface area contributed by atoms with Crippen LogP contribution in [0.25, 0.3) is 0 Å². The van der Waals surface area contributed by atoms with Gasteiger partial charge in [0.1, 0.15) is 5.82 Å². The van der Waals surface area contributed by atoms with Gasteiger partial charge in [0.15, 0.2) is 4.90 Å². The van der Waals surface area contributed by atoms with Crippen LogP contribution in [0.2, 0.25) is 0 Å². The van der Waals surface area contributed by atoms with Crippen LogP contribution in [0.4, 0.5) is 10.1 Å². The van der Waals surface area contributed by atoms with Crippen LogP contribution in [-0.2, 0) is 10.0 Å². The van der Waals surface area contributed by atoms with Gasteiger partial charge < -0.3 is 5.73 Å². The molecule has 0 spiro atoms. The normalized spacial score (nSPS) is 21.4. The minimum absolute atomic E-state index is 0.00949. The Morgan fingerprint density at radius 3 is 2.56 bits per heavy atom. The van der Waals surface area contributed by atoms with Gasteiger partial charge in [0.2, 0.25) is 10.0 Å². The maximum absolute atomic E-state index is 13.4. The summed E-state index contributed by atoms with van der Waals surface area (Å²) in [5, 5.41) is 11.1. The first-order chi connectivity index (χ1) is 11.8. The Labute approximate surface area is 144 Å². The van der Waals surface area contributed by atoms with E-state index in [9.17, 15) is 22.9 Å². The summed E-state index contributed by atoms with van der Waals surface area (Å²) in [6.07, 6.45) is 0. The molecule has 0 aliphatic carbocycles. The molecule has 0 bridgehead atoms. The van der Waals surface area contributed by atoms with Crippen molar-refractivity contribution < 1.29 is 17.7 Å². The monoisotopic (exact) mass is 365 g/mol. The van der Waals surface area contributed by atoms with Crippen LogP contribution in [0.15, 0.2) is 53.4 Å². The summed E-state index contributed by atoms with van der Waals surface area (Å²) in [6, 6.07) is 10.5. The summed E-state index contributed by atoms with van der Waals surface area (Å²) in [6.45, 7) is 0.0502. The van der Waals surface area contributed by atoms with Crippen molar-refractivity contribution in [2.24, 2.45) is 5.73 Å². The van der Waals surface area contributed by atoms with Crippen molar-refractivity contribution in [3.05, 3.63) is 70.0 Å². The topological polar surface area (TPSA) is 107 Å². The van der Waals surface area contributed by atoms with Gasteiger partial charge >= 0.3 is 0 Å². The van der Waals surface area contributed by atoms with Gasteiger partial charge in [-0.1, -0.05) is 24.3 Å². The number of hydrogen-bond donors (Lipinski definition) is 1. The number of nitro benzene ring substituents is 1. The zero-order valence-corrected chi connectivity index (χ0v) is 13.9. The molecule has 7 nitrogen and oxygen atoms in total. The highest BCUT2D eigenvalue weighted by molar-refractivity contribution is 7.89. The summed E-state index contributed by atoms with van der Waals surface area (Å²) in [4.78, 5) is 10.0. The first-order valence-electron chi connectivity index (χ1n) is 7.55. The van der Waals surface area contributed by atoms with Crippen molar-refractivity contribution in [3.8, 4) is 0 Å². The Morgan fingerprint density at radius 1 is 1.16 bits per heavy atom. The van der Waals surface area contributed by atoms with E-state index >= 15 is 0 Å². The highest BCUT2D eigenvalue weighted by Crippen LogP contribution is 2.33. The van der Waals surface area contributed by atoms with Crippen LogP contribution < -0.4 is 5.73 Å². The number of hydrogen-bond acceptors (Lipinski definition) is 5. The fraction of sp³-hybridized carbons (Fsp3) is 0.250. The van der Waals surface area contributed by atoms with Crippen LogP contribution in [0, 0.1) is 15.9 Å². The lowest BCUT2D eigenvalue weighted by Gasteiger charge is -2.16. The second kappa shape index (κ2) is 6.51. The summed E-state index contributed by atoms with van der Waals surface area (Å²) in [5.74, 6) is -0.807. The third-order valence-corrected chi connectivity index (χ3v) is 6.17. The zero-order valence-electron chi connectivity index (χ0n) is 13.1. The van der Waals surface area contributed by atoms with Crippen LogP contribution in [0.1, 0.15) is 11.5 Å². The molecule has 1 aliphatic heterocycles. The molecule has 9 heteroatoms. The molecule has 2 aromatic rings. The first-order valence-corrected chi connectivity index (χ1v) is 8.99. The van der Waals surface area contributed by atoms with Gasteiger partial charge in [-0.2, -0.15) is 4.31 Å². The Hall–Kier alpha value is -2.36. The van der Waals surface area contributed by atoms with E-state index in [1.165, 1.54) is 36.4 Å². The summed E-state index contributed by atoms with van der Waals surface area (Å²) < 4.78 is 40.2. The lowest BCUT2D eigenvalue weighted by Crippen LogP contribution is -2.32. The number of benzene rings is 2. The summed E-state index contributed by atoms with van der Waals surface area (Å²) >= 11 is 0. The summed E-state index contributed by atoms with van der Waals surface area (Å²) in [7, 11) is -4.08. The molecule has 132 valence electrons. The number of nitrogens with zero attached hydrogens (tertiary/aromatic N) is 2. The van der Waals surface area contributed by atoms with Crippen molar-refractivity contribution in [3.63, 3.8) is 0 Å². The van der Waals surface area contributed by atoms with Gasteiger partial charge in [0, 0.05) is 31.1 Å². The molecule has 0 aromatic heterocycles. The predicted octanol–water partition coefficient (Wildman–Crippen LogP) is 1.85. The number of para-hydroxylation sites is 1. The largest absolute Gasteiger partial charge is 0.326 e. The Balaban J connectivity index is 1.94. The number of nitro groups is 1. The quantitative estimate of drug-likeness (QED) is 0.657. The molecule has 2 aromatic carbocycles. The van der Waals surface area contributed by atoms with Crippen molar-refractivity contribution in [1.82, 2.24) is 4.31 Å². The standard InChI is InChI=1S/C16H16FN3O4S/c17-12-5-3-4-11(8-12)13-9-19(10-14(13)18)25(23,24)16-7-2-1-6-15(16)20(21)22/h1-8,13-14H,9-10,18H2/t13-,14+/m0/s1. The number of sulfonamides is 1. The second-order valence-electron chi connectivity index (χ2n) is 5.87. The molecule has 1 fully saturated rings. The fourth-order valence-electron chi connectivity index (χ4n) is 3.04. The molecule has 2 atom stereocenters. The number of nitrogens with two attached hydrogens (primary N) is 1. The zero-order chi connectivity index (χ0) is 18.2. The molecule has 1 aliphatic rings. The van der Waals surface area contributed by atoms with E-state index in [0.717, 1.165) is 10.4 Å². The van der Waals surface area contributed by atoms with E-state index in [-0.39, 0.29) is 23.9 Å². The maximum Gasteiger partial charge on any atom is 0.289 e. The highest BCUT2D eigenvalue weighted by atomic mass is 32.2. The van der Waals surface area contributed by atoms with Crippen LogP contribution in [0.5, 0.6) is 0 Å². The Morgan fingerprint density at radius 2 is 1.88 bits per heavy atom. The fourth-order valence-corrected chi connectivity index (χ4v) is 4.70. The molecule has 0 saturated carbocycles. The molecule has 1 saturated heterocycles. The van der Waals surface area contributed by atoms with Crippen LogP contribution in [0.3, 0.4) is 0 Å². The van der Waals surface area contributed by atoms with Gasteiger partial charge in [0.25, 0.3) is 5.69 Å². The SMILES string of the molecule is N[C@@H]1CN(S(=O)(=O)c2ccccc2[N+](=O)[O-])C[C@H]1c1cccc(F)c1. The van der Waals surface area contributed by atoms with E-state index < -0.39 is 32.5 Å². The lowest BCUT2D eigenvalue weighted by atomic mass is 9.95. The molecule has 25 heavy (non-hydrogen) atoms. The molecule has 3 rings (SSSR count). The predicted molar refractivity (Wildman–Crippen MR) is 89.0 cm³/mol. The third kappa shape index (κ3) is 3.26. The van der Waals surface area contributed by atoms with Gasteiger partial charge in [-0.15, -0.1) is 0 Å². The van der Waals surface area contributed by atoms with Gasteiger partial charge in [0.05, 0.1) is 4.92 Å². The summed E-state index contributed by atoms with van der Waals surface area (Å²) in [5.41, 5.74) is 6.18. The van der Waals surface area contributed by atoms with Crippen molar-refractivity contribution >= 4 is 15.7 Å². The number of halogens is 1. The highest BCUT2D eigenvalue weighted by Gasteiger charge is 2.40. The van der Waals surface area contributed by atoms with Crippen LogP contribution >= 0.6 is 0 Å².